The van der Waals surface area contributed by atoms with Gasteiger partial charge in [0.05, 0.1) is 6.61 Å². The van der Waals surface area contributed by atoms with Crippen LogP contribution in [0.5, 0.6) is 0 Å². The zero-order valence-corrected chi connectivity index (χ0v) is 11.4. The van der Waals surface area contributed by atoms with E-state index in [0.717, 1.165) is 11.1 Å². The highest BCUT2D eigenvalue weighted by Crippen LogP contribution is 2.18. The first-order valence-corrected chi connectivity index (χ1v) is 5.90. The van der Waals surface area contributed by atoms with Crippen molar-refractivity contribution in [3.05, 3.63) is 35.4 Å². The number of likely N-dealkylation sites (N-methyl/N-ethyl adjacent to an activating group) is 1. The van der Waals surface area contributed by atoms with Crippen LogP contribution >= 0.6 is 0 Å². The lowest BCUT2D eigenvalue weighted by Crippen LogP contribution is -2.47. The Balaban J connectivity index is 2.88. The van der Waals surface area contributed by atoms with E-state index in [-0.39, 0.29) is 0 Å². The van der Waals surface area contributed by atoms with Gasteiger partial charge in [-0.1, -0.05) is 24.3 Å². The van der Waals surface area contributed by atoms with Crippen molar-refractivity contribution in [1.29, 1.82) is 0 Å². The van der Waals surface area contributed by atoms with Crippen molar-refractivity contribution in [3.63, 3.8) is 0 Å². The molecule has 0 aliphatic rings. The molecule has 100 valence electrons. The summed E-state index contributed by atoms with van der Waals surface area (Å²) in [7, 11) is 3.47. The number of aliphatic carboxylic acids is 1. The monoisotopic (exact) mass is 251 g/mol. The molecule has 0 fully saturated rings. The highest BCUT2D eigenvalue weighted by atomic mass is 16.5. The summed E-state index contributed by atoms with van der Waals surface area (Å²) in [4.78, 5) is 13.0. The van der Waals surface area contributed by atoms with Gasteiger partial charge in [-0.05, 0) is 32.0 Å². The summed E-state index contributed by atoms with van der Waals surface area (Å²) < 4.78 is 5.15. The zero-order valence-electron chi connectivity index (χ0n) is 11.4. The molecule has 0 aliphatic heterocycles. The van der Waals surface area contributed by atoms with E-state index in [2.05, 4.69) is 0 Å². The summed E-state index contributed by atoms with van der Waals surface area (Å²) in [5.41, 5.74) is 1.30. The maximum Gasteiger partial charge on any atom is 0.323 e. The smallest absolute Gasteiger partial charge is 0.323 e. The van der Waals surface area contributed by atoms with E-state index >= 15 is 0 Å². The molecular weight excluding hydrogens is 230 g/mol. The average Bonchev–Trinajstić information content (AvgIpc) is 2.31. The molecule has 18 heavy (non-hydrogen) atoms. The van der Waals surface area contributed by atoms with Crippen molar-refractivity contribution >= 4 is 5.97 Å². The molecule has 1 rings (SSSR count). The van der Waals surface area contributed by atoms with Crippen LogP contribution in [0.15, 0.2) is 24.3 Å². The number of rotatable bonds is 6. The van der Waals surface area contributed by atoms with Gasteiger partial charge < -0.3 is 9.84 Å². The van der Waals surface area contributed by atoms with Gasteiger partial charge in [-0.2, -0.15) is 0 Å². The molecule has 1 aromatic rings. The number of carboxylic acids is 1. The van der Waals surface area contributed by atoms with Crippen LogP contribution in [0.1, 0.15) is 25.0 Å². The van der Waals surface area contributed by atoms with Crippen molar-refractivity contribution in [2.75, 3.05) is 14.2 Å². The van der Waals surface area contributed by atoms with Crippen LogP contribution in [0, 0.1) is 0 Å². The van der Waals surface area contributed by atoms with Gasteiger partial charge in [0.25, 0.3) is 0 Å². The standard InChI is InChI=1S/C14H21NO3/c1-14(2,13(16)17)15(3)9-11-7-5-6-8-12(11)10-18-4/h5-8H,9-10H2,1-4H3,(H,16,17). The van der Waals surface area contributed by atoms with Crippen molar-refractivity contribution < 1.29 is 14.6 Å². The summed E-state index contributed by atoms with van der Waals surface area (Å²) in [5.74, 6) is -0.825. The zero-order chi connectivity index (χ0) is 13.8. The van der Waals surface area contributed by atoms with E-state index in [0.29, 0.717) is 13.2 Å². The molecule has 0 unspecified atom stereocenters. The van der Waals surface area contributed by atoms with Gasteiger partial charge in [0.15, 0.2) is 0 Å². The third kappa shape index (κ3) is 3.31. The first-order chi connectivity index (χ1) is 8.39. The third-order valence-corrected chi connectivity index (χ3v) is 3.30. The minimum absolute atomic E-state index is 0.539. The predicted octanol–water partition coefficient (Wildman–Crippen LogP) is 2.13. The lowest BCUT2D eigenvalue weighted by molar-refractivity contribution is -0.148. The fourth-order valence-corrected chi connectivity index (χ4v) is 1.62. The largest absolute Gasteiger partial charge is 0.480 e. The molecule has 0 radical (unpaired) electrons. The Morgan fingerprint density at radius 1 is 1.33 bits per heavy atom. The SMILES string of the molecule is COCc1ccccc1CN(C)C(C)(C)C(=O)O. The van der Waals surface area contributed by atoms with E-state index in [1.165, 1.54) is 0 Å². The van der Waals surface area contributed by atoms with E-state index in [1.54, 1.807) is 21.0 Å². The predicted molar refractivity (Wildman–Crippen MR) is 70.3 cm³/mol. The Kier molecular flexibility index (Phi) is 4.87. The van der Waals surface area contributed by atoms with Crippen LogP contribution < -0.4 is 0 Å². The normalized spacial score (nSPS) is 11.8. The lowest BCUT2D eigenvalue weighted by atomic mass is 10.0. The quantitative estimate of drug-likeness (QED) is 0.841. The molecular formula is C14H21NO3. The fourth-order valence-electron chi connectivity index (χ4n) is 1.62. The van der Waals surface area contributed by atoms with Gasteiger partial charge in [0, 0.05) is 13.7 Å². The molecule has 0 heterocycles. The number of nitrogens with zero attached hydrogens (tertiary/aromatic N) is 1. The first kappa shape index (κ1) is 14.7. The Labute approximate surface area is 108 Å². The van der Waals surface area contributed by atoms with Crippen molar-refractivity contribution in [3.8, 4) is 0 Å². The van der Waals surface area contributed by atoms with Gasteiger partial charge in [-0.3, -0.25) is 9.69 Å². The van der Waals surface area contributed by atoms with Gasteiger partial charge in [0.1, 0.15) is 5.54 Å². The molecule has 1 N–H and O–H groups in total. The van der Waals surface area contributed by atoms with Crippen LogP contribution in [0.25, 0.3) is 0 Å². The Hall–Kier alpha value is -1.39. The van der Waals surface area contributed by atoms with Crippen molar-refractivity contribution in [2.24, 2.45) is 0 Å². The van der Waals surface area contributed by atoms with Gasteiger partial charge in [-0.15, -0.1) is 0 Å². The Morgan fingerprint density at radius 2 is 1.89 bits per heavy atom. The maximum atomic E-state index is 11.2. The molecule has 0 aliphatic carbocycles. The second-order valence-corrected chi connectivity index (χ2v) is 4.92. The maximum absolute atomic E-state index is 11.2. The number of carboxylic acid groups (broad SMARTS) is 1. The summed E-state index contributed by atoms with van der Waals surface area (Å²) in [6.07, 6.45) is 0. The number of methoxy groups -OCH3 is 1. The molecule has 0 amide bonds. The van der Waals surface area contributed by atoms with E-state index < -0.39 is 11.5 Å². The van der Waals surface area contributed by atoms with Crippen LogP contribution in [0.2, 0.25) is 0 Å². The number of hydrogen-bond donors (Lipinski definition) is 1. The Morgan fingerprint density at radius 3 is 2.39 bits per heavy atom. The second kappa shape index (κ2) is 5.98. The molecule has 0 spiro atoms. The summed E-state index contributed by atoms with van der Waals surface area (Å²) in [6.45, 7) is 4.53. The van der Waals surface area contributed by atoms with Crippen molar-refractivity contribution in [1.82, 2.24) is 4.90 Å². The van der Waals surface area contributed by atoms with Gasteiger partial charge >= 0.3 is 5.97 Å². The van der Waals surface area contributed by atoms with Gasteiger partial charge in [0.2, 0.25) is 0 Å². The molecule has 0 saturated carbocycles. The third-order valence-electron chi connectivity index (χ3n) is 3.30. The molecule has 4 heteroatoms. The molecule has 4 nitrogen and oxygen atoms in total. The van der Waals surface area contributed by atoms with E-state index in [4.69, 9.17) is 4.74 Å². The molecule has 0 atom stereocenters. The summed E-state index contributed by atoms with van der Waals surface area (Å²) in [5, 5.41) is 9.20. The molecule has 1 aromatic carbocycles. The van der Waals surface area contributed by atoms with Crippen molar-refractivity contribution in [2.45, 2.75) is 32.5 Å². The highest BCUT2D eigenvalue weighted by Gasteiger charge is 2.32. The van der Waals surface area contributed by atoms with Crippen LogP contribution in [0.3, 0.4) is 0 Å². The minimum atomic E-state index is -0.889. The topological polar surface area (TPSA) is 49.8 Å². The summed E-state index contributed by atoms with van der Waals surface area (Å²) >= 11 is 0. The highest BCUT2D eigenvalue weighted by molar-refractivity contribution is 5.77. The van der Waals surface area contributed by atoms with Gasteiger partial charge in [-0.25, -0.2) is 0 Å². The first-order valence-electron chi connectivity index (χ1n) is 5.90. The molecule has 0 saturated heterocycles. The Bertz CT molecular complexity index is 415. The van der Waals surface area contributed by atoms with E-state index in [9.17, 15) is 9.90 Å². The fraction of sp³-hybridized carbons (Fsp3) is 0.500. The van der Waals surface area contributed by atoms with Crippen LogP contribution in [-0.4, -0.2) is 35.7 Å². The summed E-state index contributed by atoms with van der Waals surface area (Å²) in [6, 6.07) is 7.92. The minimum Gasteiger partial charge on any atom is -0.480 e. The average molecular weight is 251 g/mol. The number of ether oxygens (including phenoxy) is 1. The number of hydrogen-bond acceptors (Lipinski definition) is 3. The van der Waals surface area contributed by atoms with Crippen LogP contribution in [-0.2, 0) is 22.7 Å². The molecule has 0 bridgehead atoms. The van der Waals surface area contributed by atoms with E-state index in [1.807, 2.05) is 36.2 Å². The lowest BCUT2D eigenvalue weighted by Gasteiger charge is -2.32. The number of carbonyl (C=O) groups is 1. The number of benzene rings is 1. The second-order valence-electron chi connectivity index (χ2n) is 4.92. The molecule has 0 aromatic heterocycles. The van der Waals surface area contributed by atoms with Crippen LogP contribution in [0.4, 0.5) is 0 Å².